The highest BCUT2D eigenvalue weighted by Crippen LogP contribution is 2.34. The van der Waals surface area contributed by atoms with Crippen LogP contribution in [0.15, 0.2) is 41.2 Å². The number of pyridine rings is 1. The molecule has 3 heterocycles. The quantitative estimate of drug-likeness (QED) is 0.278. The van der Waals surface area contributed by atoms with Crippen molar-refractivity contribution in [1.29, 1.82) is 0 Å². The molecule has 1 atom stereocenters. The predicted molar refractivity (Wildman–Crippen MR) is 148 cm³/mol. The topological polar surface area (TPSA) is 124 Å². The van der Waals surface area contributed by atoms with Crippen molar-refractivity contribution in [3.63, 3.8) is 0 Å². The van der Waals surface area contributed by atoms with Crippen LogP contribution in [0.25, 0.3) is 10.9 Å². The van der Waals surface area contributed by atoms with Crippen molar-refractivity contribution in [1.82, 2.24) is 30.1 Å². The lowest BCUT2D eigenvalue weighted by Crippen LogP contribution is -2.33. The third-order valence-corrected chi connectivity index (χ3v) is 7.03. The van der Waals surface area contributed by atoms with Gasteiger partial charge in [-0.2, -0.15) is 0 Å². The van der Waals surface area contributed by atoms with Crippen molar-refractivity contribution in [3.8, 4) is 11.5 Å². The molecule has 0 aliphatic carbocycles. The second-order valence-electron chi connectivity index (χ2n) is 10.1. The standard InChI is InChI=1S/C29H34N6O5/c1-5-7-24(28-31-32-33-35(28)16-27(36)38-6-2)34(14-20-8-9-25-26(12-20)40-17-39-25)15-21-13-22-19(4)10-18(3)11-23(22)30-29(21)37/h8-13,24H,5-7,14-17H2,1-4H3,(H,30,37)/t24-/m1/s1. The Kier molecular flexibility index (Phi) is 8.11. The summed E-state index contributed by atoms with van der Waals surface area (Å²) in [6.45, 7) is 9.09. The molecule has 1 aliphatic rings. The Bertz CT molecular complexity index is 1580. The van der Waals surface area contributed by atoms with Crippen molar-refractivity contribution < 1.29 is 19.0 Å². The fourth-order valence-electron chi connectivity index (χ4n) is 5.24. The van der Waals surface area contributed by atoms with E-state index in [2.05, 4.69) is 38.4 Å². The number of nitrogens with one attached hydrogen (secondary N) is 1. The van der Waals surface area contributed by atoms with Crippen LogP contribution in [0.2, 0.25) is 0 Å². The van der Waals surface area contributed by atoms with E-state index in [1.165, 1.54) is 4.68 Å². The monoisotopic (exact) mass is 546 g/mol. The number of rotatable bonds is 11. The minimum atomic E-state index is -0.412. The summed E-state index contributed by atoms with van der Waals surface area (Å²) in [5, 5.41) is 13.3. The summed E-state index contributed by atoms with van der Waals surface area (Å²) in [4.78, 5) is 30.9. The van der Waals surface area contributed by atoms with Crippen molar-refractivity contribution in [2.24, 2.45) is 0 Å². The zero-order valence-electron chi connectivity index (χ0n) is 23.3. The van der Waals surface area contributed by atoms with Gasteiger partial charge in [-0.25, -0.2) is 4.68 Å². The highest BCUT2D eigenvalue weighted by atomic mass is 16.7. The molecular weight excluding hydrogens is 512 g/mol. The van der Waals surface area contributed by atoms with E-state index in [1.54, 1.807) is 6.92 Å². The maximum atomic E-state index is 13.3. The lowest BCUT2D eigenvalue weighted by Gasteiger charge is -2.31. The maximum absolute atomic E-state index is 13.3. The Balaban J connectivity index is 1.55. The largest absolute Gasteiger partial charge is 0.465 e. The van der Waals surface area contributed by atoms with E-state index in [0.717, 1.165) is 34.0 Å². The zero-order valence-corrected chi connectivity index (χ0v) is 23.3. The van der Waals surface area contributed by atoms with Crippen LogP contribution in [0, 0.1) is 13.8 Å². The smallest absolute Gasteiger partial charge is 0.327 e. The van der Waals surface area contributed by atoms with Crippen LogP contribution < -0.4 is 15.0 Å². The van der Waals surface area contributed by atoms with E-state index < -0.39 is 5.97 Å². The Morgan fingerprint density at radius 1 is 1.12 bits per heavy atom. The maximum Gasteiger partial charge on any atom is 0.327 e. The van der Waals surface area contributed by atoms with Crippen LogP contribution in [0.3, 0.4) is 0 Å². The number of H-pyrrole nitrogens is 1. The summed E-state index contributed by atoms with van der Waals surface area (Å²) in [7, 11) is 0. The van der Waals surface area contributed by atoms with Gasteiger partial charge in [0.15, 0.2) is 17.3 Å². The third-order valence-electron chi connectivity index (χ3n) is 7.03. The molecule has 0 saturated heterocycles. The molecule has 0 fully saturated rings. The number of fused-ring (bicyclic) bond motifs is 2. The molecule has 0 bridgehead atoms. The number of nitrogens with zero attached hydrogens (tertiary/aromatic N) is 5. The van der Waals surface area contributed by atoms with E-state index in [9.17, 15) is 9.59 Å². The fourth-order valence-corrected chi connectivity index (χ4v) is 5.24. The van der Waals surface area contributed by atoms with Crippen LogP contribution in [0.5, 0.6) is 11.5 Å². The highest BCUT2D eigenvalue weighted by molar-refractivity contribution is 5.83. The van der Waals surface area contributed by atoms with Crippen molar-refractivity contribution in [3.05, 3.63) is 74.8 Å². The van der Waals surface area contributed by atoms with E-state index in [-0.39, 0.29) is 31.5 Å². The number of carbonyl (C=O) groups is 1. The molecule has 210 valence electrons. The molecule has 1 aliphatic heterocycles. The highest BCUT2D eigenvalue weighted by Gasteiger charge is 2.28. The Labute approximate surface area is 232 Å². The van der Waals surface area contributed by atoms with E-state index in [0.29, 0.717) is 42.4 Å². The van der Waals surface area contributed by atoms with Gasteiger partial charge in [0, 0.05) is 29.6 Å². The van der Waals surface area contributed by atoms with Crippen LogP contribution in [0.1, 0.15) is 60.8 Å². The van der Waals surface area contributed by atoms with Crippen LogP contribution >= 0.6 is 0 Å². The molecule has 2 aromatic carbocycles. The third kappa shape index (κ3) is 5.84. The Morgan fingerprint density at radius 3 is 2.75 bits per heavy atom. The molecule has 0 spiro atoms. The lowest BCUT2D eigenvalue weighted by molar-refractivity contribution is -0.144. The van der Waals surface area contributed by atoms with E-state index in [1.807, 2.05) is 44.2 Å². The van der Waals surface area contributed by atoms with Gasteiger partial charge in [-0.05, 0) is 78.6 Å². The first-order valence-corrected chi connectivity index (χ1v) is 13.5. The second kappa shape index (κ2) is 11.9. The van der Waals surface area contributed by atoms with Gasteiger partial charge in [0.25, 0.3) is 5.56 Å². The molecule has 0 unspecified atom stereocenters. The first kappa shape index (κ1) is 27.3. The van der Waals surface area contributed by atoms with Gasteiger partial charge in [-0.3, -0.25) is 14.5 Å². The van der Waals surface area contributed by atoms with Gasteiger partial charge in [-0.15, -0.1) is 5.10 Å². The number of hydrogen-bond donors (Lipinski definition) is 1. The second-order valence-corrected chi connectivity index (χ2v) is 10.1. The average Bonchev–Trinajstić information content (AvgIpc) is 3.57. The Morgan fingerprint density at radius 2 is 1.95 bits per heavy atom. The molecule has 11 nitrogen and oxygen atoms in total. The van der Waals surface area contributed by atoms with Crippen molar-refractivity contribution in [2.45, 2.75) is 66.2 Å². The number of tetrazole rings is 1. The summed E-state index contributed by atoms with van der Waals surface area (Å²) < 4.78 is 17.7. The van der Waals surface area contributed by atoms with Gasteiger partial charge in [0.2, 0.25) is 6.79 Å². The van der Waals surface area contributed by atoms with Crippen LogP contribution in [0.4, 0.5) is 0 Å². The molecule has 5 rings (SSSR count). The number of ether oxygens (including phenoxy) is 3. The molecule has 4 aromatic rings. The number of esters is 1. The van der Waals surface area contributed by atoms with E-state index >= 15 is 0 Å². The first-order valence-electron chi connectivity index (χ1n) is 13.5. The molecule has 1 N–H and O–H groups in total. The molecule has 0 radical (unpaired) electrons. The zero-order chi connectivity index (χ0) is 28.2. The van der Waals surface area contributed by atoms with Crippen molar-refractivity contribution in [2.75, 3.05) is 13.4 Å². The normalized spacial score (nSPS) is 13.2. The van der Waals surface area contributed by atoms with Crippen LogP contribution in [-0.2, 0) is 29.2 Å². The SMILES string of the molecule is CCC[C@H](c1nnnn1CC(=O)OCC)N(Cc1ccc2c(c1)OCO2)Cc1cc2c(C)cc(C)cc2[nH]c1=O. The van der Waals surface area contributed by atoms with Gasteiger partial charge >= 0.3 is 5.97 Å². The van der Waals surface area contributed by atoms with Gasteiger partial charge in [0.05, 0.1) is 12.6 Å². The molecule has 0 saturated carbocycles. The molecule has 0 amide bonds. The minimum absolute atomic E-state index is 0.0939. The number of aryl methyl sites for hydroxylation is 2. The van der Waals surface area contributed by atoms with Gasteiger partial charge in [0.1, 0.15) is 6.54 Å². The number of carbonyl (C=O) groups excluding carboxylic acids is 1. The molecule has 11 heteroatoms. The number of aromatic nitrogens is 5. The molecular formula is C29H34N6O5. The number of benzene rings is 2. The summed E-state index contributed by atoms with van der Waals surface area (Å²) in [5.74, 6) is 1.52. The fraction of sp³-hybridized carbons (Fsp3) is 0.414. The molecule has 2 aromatic heterocycles. The average molecular weight is 547 g/mol. The number of aromatic amines is 1. The van der Waals surface area contributed by atoms with Crippen LogP contribution in [-0.4, -0.2) is 49.5 Å². The minimum Gasteiger partial charge on any atom is -0.465 e. The summed E-state index contributed by atoms with van der Waals surface area (Å²) >= 11 is 0. The van der Waals surface area contributed by atoms with Crippen molar-refractivity contribution >= 4 is 16.9 Å². The Hall–Kier alpha value is -4.25. The summed E-state index contributed by atoms with van der Waals surface area (Å²) in [6.07, 6.45) is 1.54. The predicted octanol–water partition coefficient (Wildman–Crippen LogP) is 3.97. The lowest BCUT2D eigenvalue weighted by atomic mass is 10.0. The summed E-state index contributed by atoms with van der Waals surface area (Å²) in [6, 6.07) is 11.6. The molecule has 40 heavy (non-hydrogen) atoms. The first-order chi connectivity index (χ1) is 19.4. The van der Waals surface area contributed by atoms with E-state index in [4.69, 9.17) is 14.2 Å². The summed E-state index contributed by atoms with van der Waals surface area (Å²) in [5.41, 5.74) is 4.48. The van der Waals surface area contributed by atoms with Gasteiger partial charge in [-0.1, -0.05) is 25.5 Å². The number of hydrogen-bond acceptors (Lipinski definition) is 9. The van der Waals surface area contributed by atoms with Gasteiger partial charge < -0.3 is 19.2 Å².